The van der Waals surface area contributed by atoms with Gasteiger partial charge in [-0.25, -0.2) is 0 Å². The van der Waals surface area contributed by atoms with E-state index in [4.69, 9.17) is 4.52 Å². The Hall–Kier alpha value is -1.72. The highest BCUT2D eigenvalue weighted by atomic mass is 16.5. The summed E-state index contributed by atoms with van der Waals surface area (Å²) in [5.41, 5.74) is 0.998. The van der Waals surface area contributed by atoms with Gasteiger partial charge in [-0.05, 0) is 6.92 Å². The molecule has 0 amide bonds. The molecule has 1 N–H and O–H groups in total. The molecule has 5 nitrogen and oxygen atoms in total. The predicted octanol–water partition coefficient (Wildman–Crippen LogP) is 1.57. The van der Waals surface area contributed by atoms with Crippen LogP contribution in [0.3, 0.4) is 0 Å². The van der Waals surface area contributed by atoms with Crippen LogP contribution in [-0.4, -0.2) is 47.3 Å². The zero-order valence-electron chi connectivity index (χ0n) is 11.7. The number of hydrogen-bond acceptors (Lipinski definition) is 5. The molecule has 0 aliphatic carbocycles. The second kappa shape index (κ2) is 6.15. The summed E-state index contributed by atoms with van der Waals surface area (Å²) in [5.74, 6) is 1.39. The summed E-state index contributed by atoms with van der Waals surface area (Å²) in [6.07, 6.45) is 0.810. The molecule has 1 aliphatic rings. The van der Waals surface area contributed by atoms with Gasteiger partial charge in [0.25, 0.3) is 0 Å². The second-order valence-electron chi connectivity index (χ2n) is 5.22. The van der Waals surface area contributed by atoms with Gasteiger partial charge >= 0.3 is 0 Å². The molecule has 1 saturated heterocycles. The fourth-order valence-corrected chi connectivity index (χ4v) is 2.52. The van der Waals surface area contributed by atoms with Gasteiger partial charge in [-0.1, -0.05) is 35.5 Å². The van der Waals surface area contributed by atoms with E-state index < -0.39 is 0 Å². The lowest BCUT2D eigenvalue weighted by Crippen LogP contribution is -2.50. The Labute approximate surface area is 119 Å². The van der Waals surface area contributed by atoms with Crippen LogP contribution in [-0.2, 0) is 6.42 Å². The number of rotatable bonds is 4. The van der Waals surface area contributed by atoms with E-state index in [1.54, 1.807) is 0 Å². The molecule has 3 rings (SSSR count). The third-order valence-electron chi connectivity index (χ3n) is 3.75. The van der Waals surface area contributed by atoms with E-state index in [0.29, 0.717) is 11.9 Å². The molecule has 2 aromatic rings. The minimum Gasteiger partial charge on any atom is -0.339 e. The summed E-state index contributed by atoms with van der Waals surface area (Å²) in [6, 6.07) is 10.5. The smallest absolute Gasteiger partial charge is 0.228 e. The molecule has 0 saturated carbocycles. The Bertz CT molecular complexity index is 540. The van der Waals surface area contributed by atoms with Gasteiger partial charge in [0.15, 0.2) is 0 Å². The maximum absolute atomic E-state index is 5.34. The van der Waals surface area contributed by atoms with Crippen LogP contribution < -0.4 is 5.32 Å². The van der Waals surface area contributed by atoms with Gasteiger partial charge in [0.1, 0.15) is 0 Å². The first-order chi connectivity index (χ1) is 9.83. The molecule has 20 heavy (non-hydrogen) atoms. The zero-order chi connectivity index (χ0) is 13.8. The Kier molecular flexibility index (Phi) is 4.08. The van der Waals surface area contributed by atoms with Crippen LogP contribution in [0, 0.1) is 0 Å². The molecule has 1 fully saturated rings. The molecule has 1 aromatic heterocycles. The standard InChI is InChI=1S/C15H20N4O/c1-12-11-16-8-10-19(12)9-7-14-17-15(18-20-14)13-5-3-2-4-6-13/h2-6,12,16H,7-11H2,1H3/t12-/m1/s1. The molecular formula is C15H20N4O. The summed E-state index contributed by atoms with van der Waals surface area (Å²) in [7, 11) is 0. The molecule has 0 bridgehead atoms. The van der Waals surface area contributed by atoms with Gasteiger partial charge in [0.05, 0.1) is 0 Å². The Balaban J connectivity index is 1.60. The monoisotopic (exact) mass is 272 g/mol. The molecule has 1 aromatic carbocycles. The Morgan fingerprint density at radius 1 is 1.35 bits per heavy atom. The topological polar surface area (TPSA) is 54.2 Å². The fraction of sp³-hybridized carbons (Fsp3) is 0.467. The Morgan fingerprint density at radius 3 is 3.00 bits per heavy atom. The van der Waals surface area contributed by atoms with E-state index in [2.05, 4.69) is 27.3 Å². The lowest BCUT2D eigenvalue weighted by atomic mass is 10.2. The largest absolute Gasteiger partial charge is 0.339 e. The van der Waals surface area contributed by atoms with Crippen LogP contribution in [0.4, 0.5) is 0 Å². The van der Waals surface area contributed by atoms with Gasteiger partial charge in [-0.3, -0.25) is 4.90 Å². The maximum Gasteiger partial charge on any atom is 0.228 e. The van der Waals surface area contributed by atoms with Crippen molar-refractivity contribution < 1.29 is 4.52 Å². The van der Waals surface area contributed by atoms with Crippen LogP contribution in [0.5, 0.6) is 0 Å². The van der Waals surface area contributed by atoms with Gasteiger partial charge in [0.2, 0.25) is 11.7 Å². The highest BCUT2D eigenvalue weighted by Crippen LogP contribution is 2.15. The van der Waals surface area contributed by atoms with Crippen molar-refractivity contribution >= 4 is 0 Å². The lowest BCUT2D eigenvalue weighted by Gasteiger charge is -2.33. The predicted molar refractivity (Wildman–Crippen MR) is 77.3 cm³/mol. The van der Waals surface area contributed by atoms with Gasteiger partial charge < -0.3 is 9.84 Å². The van der Waals surface area contributed by atoms with Gasteiger partial charge in [0, 0.05) is 44.2 Å². The maximum atomic E-state index is 5.34. The number of hydrogen-bond donors (Lipinski definition) is 1. The molecule has 0 spiro atoms. The van der Waals surface area contributed by atoms with Gasteiger partial charge in [-0.2, -0.15) is 4.98 Å². The third-order valence-corrected chi connectivity index (χ3v) is 3.75. The van der Waals surface area contributed by atoms with E-state index in [1.807, 2.05) is 30.3 Å². The number of benzene rings is 1. The van der Waals surface area contributed by atoms with Crippen molar-refractivity contribution in [3.05, 3.63) is 36.2 Å². The SMILES string of the molecule is C[C@@H]1CNCCN1CCc1nc(-c2ccccc2)no1. The van der Waals surface area contributed by atoms with Crippen molar-refractivity contribution in [3.8, 4) is 11.4 Å². The summed E-state index contributed by atoms with van der Waals surface area (Å²) >= 11 is 0. The van der Waals surface area contributed by atoms with E-state index >= 15 is 0 Å². The first-order valence-electron chi connectivity index (χ1n) is 7.16. The molecule has 5 heteroatoms. The number of nitrogens with one attached hydrogen (secondary N) is 1. The average Bonchev–Trinajstić information content (AvgIpc) is 2.96. The molecule has 0 radical (unpaired) electrons. The Morgan fingerprint density at radius 2 is 2.20 bits per heavy atom. The normalized spacial score (nSPS) is 20.1. The van der Waals surface area contributed by atoms with Gasteiger partial charge in [-0.15, -0.1) is 0 Å². The van der Waals surface area contributed by atoms with Crippen molar-refractivity contribution in [1.29, 1.82) is 0 Å². The molecule has 1 aliphatic heterocycles. The zero-order valence-corrected chi connectivity index (χ0v) is 11.7. The molecule has 0 unspecified atom stereocenters. The number of nitrogens with zero attached hydrogens (tertiary/aromatic N) is 3. The van der Waals surface area contributed by atoms with Crippen molar-refractivity contribution in [2.24, 2.45) is 0 Å². The van der Waals surface area contributed by atoms with Crippen molar-refractivity contribution in [2.45, 2.75) is 19.4 Å². The molecule has 1 atom stereocenters. The van der Waals surface area contributed by atoms with Crippen LogP contribution in [0.25, 0.3) is 11.4 Å². The molecular weight excluding hydrogens is 252 g/mol. The second-order valence-corrected chi connectivity index (χ2v) is 5.22. The number of piperazine rings is 1. The number of aromatic nitrogens is 2. The van der Waals surface area contributed by atoms with Crippen molar-refractivity contribution in [1.82, 2.24) is 20.4 Å². The summed E-state index contributed by atoms with van der Waals surface area (Å²) in [5, 5.41) is 7.45. The van der Waals surface area contributed by atoms with Crippen molar-refractivity contribution in [3.63, 3.8) is 0 Å². The van der Waals surface area contributed by atoms with Crippen LogP contribution in [0.15, 0.2) is 34.9 Å². The van der Waals surface area contributed by atoms with Crippen LogP contribution in [0.1, 0.15) is 12.8 Å². The van der Waals surface area contributed by atoms with E-state index in [-0.39, 0.29) is 0 Å². The first kappa shape index (κ1) is 13.3. The third kappa shape index (κ3) is 3.05. The molecule has 2 heterocycles. The first-order valence-corrected chi connectivity index (χ1v) is 7.16. The lowest BCUT2D eigenvalue weighted by molar-refractivity contribution is 0.171. The van der Waals surface area contributed by atoms with Crippen LogP contribution >= 0.6 is 0 Å². The fourth-order valence-electron chi connectivity index (χ4n) is 2.52. The summed E-state index contributed by atoms with van der Waals surface area (Å²) < 4.78 is 5.34. The highest BCUT2D eigenvalue weighted by molar-refractivity contribution is 5.53. The van der Waals surface area contributed by atoms with Crippen molar-refractivity contribution in [2.75, 3.05) is 26.2 Å². The van der Waals surface area contributed by atoms with E-state index in [0.717, 1.165) is 44.1 Å². The minimum absolute atomic E-state index is 0.570. The van der Waals surface area contributed by atoms with Crippen LogP contribution in [0.2, 0.25) is 0 Å². The quantitative estimate of drug-likeness (QED) is 0.915. The average molecular weight is 272 g/mol. The van der Waals surface area contributed by atoms with E-state index in [1.165, 1.54) is 0 Å². The van der Waals surface area contributed by atoms with E-state index in [9.17, 15) is 0 Å². The highest BCUT2D eigenvalue weighted by Gasteiger charge is 2.18. The minimum atomic E-state index is 0.570. The summed E-state index contributed by atoms with van der Waals surface area (Å²) in [6.45, 7) is 6.41. The molecule has 106 valence electrons. The summed E-state index contributed by atoms with van der Waals surface area (Å²) in [4.78, 5) is 6.93.